The van der Waals surface area contributed by atoms with Gasteiger partial charge in [0.25, 0.3) is 0 Å². The molecule has 1 heterocycles. The summed E-state index contributed by atoms with van der Waals surface area (Å²) in [6.07, 6.45) is 36.5. The van der Waals surface area contributed by atoms with Crippen molar-refractivity contribution in [2.75, 3.05) is 13.2 Å². The van der Waals surface area contributed by atoms with Gasteiger partial charge in [-0.3, -0.25) is 9.35 Å². The summed E-state index contributed by atoms with van der Waals surface area (Å²) in [6.45, 7) is 3.21. The van der Waals surface area contributed by atoms with Crippen LogP contribution in [0.4, 0.5) is 0 Å². The maximum atomic E-state index is 13.1. The monoisotopic (exact) mass is 932 g/mol. The van der Waals surface area contributed by atoms with E-state index in [0.29, 0.717) is 12.8 Å². The van der Waals surface area contributed by atoms with Gasteiger partial charge in [-0.1, -0.05) is 204 Å². The molecule has 0 aromatic heterocycles. The van der Waals surface area contributed by atoms with Crippen LogP contribution in [0.2, 0.25) is 0 Å². The van der Waals surface area contributed by atoms with Crippen molar-refractivity contribution in [3.63, 3.8) is 0 Å². The van der Waals surface area contributed by atoms with Gasteiger partial charge in [0, 0.05) is 0 Å². The predicted molar refractivity (Wildman–Crippen MR) is 256 cm³/mol. The SMILES string of the molecule is CCCCCCCCC/C=C/CC/C=C/CC/C=C/C(O)C(COC1OC(CO)C(O)C(OS(=O)(=O)O)C1O)NC(=O)C(O)CCCCCCCCCCCCCCCCCCCC. The number of carbonyl (C=O) groups is 1. The summed E-state index contributed by atoms with van der Waals surface area (Å²) in [5.74, 6) is -0.714. The highest BCUT2D eigenvalue weighted by molar-refractivity contribution is 7.80. The van der Waals surface area contributed by atoms with Gasteiger partial charge in [0.2, 0.25) is 5.91 Å². The molecule has 1 amide bonds. The summed E-state index contributed by atoms with van der Waals surface area (Å²) in [7, 11) is -5.13. The van der Waals surface area contributed by atoms with Crippen LogP contribution in [0.3, 0.4) is 0 Å². The maximum Gasteiger partial charge on any atom is 0.397 e. The number of ether oxygens (including phenoxy) is 2. The maximum absolute atomic E-state index is 13.1. The quantitative estimate of drug-likeness (QED) is 0.0173. The molecule has 0 saturated carbocycles. The lowest BCUT2D eigenvalue weighted by Crippen LogP contribution is -2.61. The Labute approximate surface area is 388 Å². The Kier molecular flexibility index (Phi) is 38.0. The summed E-state index contributed by atoms with van der Waals surface area (Å²) in [6, 6.07) is -1.14. The van der Waals surface area contributed by atoms with Gasteiger partial charge in [0.15, 0.2) is 6.29 Å². The molecule has 7 N–H and O–H groups in total. The molecule has 13 nitrogen and oxygen atoms in total. The second kappa shape index (κ2) is 40.4. The van der Waals surface area contributed by atoms with Gasteiger partial charge in [0.1, 0.15) is 30.5 Å². The third-order valence-corrected chi connectivity index (χ3v) is 12.5. The van der Waals surface area contributed by atoms with E-state index in [1.165, 1.54) is 141 Å². The molecule has 0 aromatic carbocycles. The molecule has 1 aliphatic heterocycles. The first kappa shape index (κ1) is 60.3. The van der Waals surface area contributed by atoms with Gasteiger partial charge < -0.3 is 40.3 Å². The van der Waals surface area contributed by atoms with Crippen LogP contribution in [0, 0.1) is 0 Å². The van der Waals surface area contributed by atoms with Crippen molar-refractivity contribution < 1.29 is 57.0 Å². The second-order valence-electron chi connectivity index (χ2n) is 17.9. The molecule has 1 fully saturated rings. The fraction of sp³-hybridized carbons (Fsp3) is 0.860. The van der Waals surface area contributed by atoms with E-state index in [9.17, 15) is 43.3 Å². The number of hydrogen-bond donors (Lipinski definition) is 7. The zero-order valence-electron chi connectivity index (χ0n) is 40.0. The van der Waals surface area contributed by atoms with E-state index < -0.39 is 78.5 Å². The zero-order chi connectivity index (χ0) is 47.1. The Bertz CT molecular complexity index is 1300. The standard InChI is InChI=1S/C50H93NO12S/c1-3-5-7-9-11-13-15-17-19-21-23-25-27-29-31-33-35-37-39-44(54)49(57)51-42(41-61-50-47(56)48(63-64(58,59)60)46(55)45(40-52)62-50)43(53)38-36-34-32-30-28-26-24-22-20-18-16-14-12-10-8-6-4-2/h20,22,28,30,36,38,42-48,50,52-56H,3-19,21,23-27,29,31-35,37,39-41H2,1-2H3,(H,51,57)(H,58,59,60)/b22-20+,30-28+,38-36+. The molecular weight excluding hydrogens is 839 g/mol. The van der Waals surface area contributed by atoms with Crippen LogP contribution in [0.15, 0.2) is 36.5 Å². The summed E-state index contributed by atoms with van der Waals surface area (Å²) in [5.41, 5.74) is 0. The van der Waals surface area contributed by atoms with Crippen LogP contribution in [-0.2, 0) is 28.9 Å². The average Bonchev–Trinajstić information content (AvgIpc) is 3.27. The summed E-state index contributed by atoms with van der Waals surface area (Å²) >= 11 is 0. The second-order valence-corrected chi connectivity index (χ2v) is 18.9. The number of hydrogen-bond acceptors (Lipinski definition) is 11. The summed E-state index contributed by atoms with van der Waals surface area (Å²) in [4.78, 5) is 13.1. The highest BCUT2D eigenvalue weighted by Crippen LogP contribution is 2.26. The van der Waals surface area contributed by atoms with Gasteiger partial charge in [-0.25, -0.2) is 4.18 Å². The van der Waals surface area contributed by atoms with Crippen LogP contribution < -0.4 is 5.32 Å². The molecule has 1 rings (SSSR count). The van der Waals surface area contributed by atoms with Crippen molar-refractivity contribution in [2.45, 2.75) is 262 Å². The van der Waals surface area contributed by atoms with E-state index in [-0.39, 0.29) is 6.42 Å². The van der Waals surface area contributed by atoms with Crippen molar-refractivity contribution in [3.8, 4) is 0 Å². The number of unbranched alkanes of at least 4 members (excludes halogenated alkanes) is 26. The first-order chi connectivity index (χ1) is 30.9. The number of rotatable bonds is 43. The van der Waals surface area contributed by atoms with Gasteiger partial charge in [-0.05, 0) is 44.9 Å². The van der Waals surface area contributed by atoms with E-state index >= 15 is 0 Å². The molecule has 0 aliphatic carbocycles. The molecule has 0 bridgehead atoms. The van der Waals surface area contributed by atoms with E-state index in [4.69, 9.17) is 9.47 Å². The first-order valence-corrected chi connectivity index (χ1v) is 26.8. The number of nitrogens with one attached hydrogen (secondary N) is 1. The average molecular weight is 932 g/mol. The van der Waals surface area contributed by atoms with E-state index in [1.807, 2.05) is 0 Å². The van der Waals surface area contributed by atoms with Crippen molar-refractivity contribution >= 4 is 16.3 Å². The number of carbonyl (C=O) groups excluding carboxylic acids is 1. The van der Waals surface area contributed by atoms with E-state index in [1.54, 1.807) is 6.08 Å². The molecule has 0 radical (unpaired) electrons. The fourth-order valence-electron chi connectivity index (χ4n) is 7.96. The lowest BCUT2D eigenvalue weighted by atomic mass is 9.99. The lowest BCUT2D eigenvalue weighted by molar-refractivity contribution is -0.298. The smallest absolute Gasteiger partial charge is 0.394 e. The lowest BCUT2D eigenvalue weighted by Gasteiger charge is -2.41. The Morgan fingerprint density at radius 1 is 0.625 bits per heavy atom. The highest BCUT2D eigenvalue weighted by atomic mass is 32.3. The number of allylic oxidation sites excluding steroid dienone is 5. The first-order valence-electron chi connectivity index (χ1n) is 25.5. The zero-order valence-corrected chi connectivity index (χ0v) is 40.8. The predicted octanol–water partition coefficient (Wildman–Crippen LogP) is 9.64. The van der Waals surface area contributed by atoms with Crippen LogP contribution in [0.5, 0.6) is 0 Å². The van der Waals surface area contributed by atoms with Gasteiger partial charge in [-0.2, -0.15) is 8.42 Å². The molecule has 14 heteroatoms. The molecule has 8 unspecified atom stereocenters. The molecular formula is C50H93NO12S. The minimum absolute atomic E-state index is 0.237. The summed E-state index contributed by atoms with van der Waals surface area (Å²) < 4.78 is 47.6. The van der Waals surface area contributed by atoms with Crippen molar-refractivity contribution in [1.29, 1.82) is 0 Å². The molecule has 1 aliphatic rings. The molecule has 376 valence electrons. The molecule has 0 aromatic rings. The van der Waals surface area contributed by atoms with Crippen LogP contribution in [-0.4, -0.2) is 107 Å². The molecule has 8 atom stereocenters. The third kappa shape index (κ3) is 32.1. The number of amides is 1. The largest absolute Gasteiger partial charge is 0.397 e. The van der Waals surface area contributed by atoms with Gasteiger partial charge >= 0.3 is 10.4 Å². The van der Waals surface area contributed by atoms with E-state index in [2.05, 4.69) is 47.7 Å². The van der Waals surface area contributed by atoms with Crippen molar-refractivity contribution in [1.82, 2.24) is 5.32 Å². The normalized spacial score (nSPS) is 21.0. The van der Waals surface area contributed by atoms with Crippen molar-refractivity contribution in [3.05, 3.63) is 36.5 Å². The van der Waals surface area contributed by atoms with Gasteiger partial charge in [0.05, 0.1) is 25.4 Å². The Morgan fingerprint density at radius 2 is 1.05 bits per heavy atom. The van der Waals surface area contributed by atoms with Crippen LogP contribution in [0.25, 0.3) is 0 Å². The Hall–Kier alpha value is -1.72. The minimum Gasteiger partial charge on any atom is -0.394 e. The van der Waals surface area contributed by atoms with E-state index in [0.717, 1.165) is 44.9 Å². The molecule has 64 heavy (non-hydrogen) atoms. The van der Waals surface area contributed by atoms with Gasteiger partial charge in [-0.15, -0.1) is 0 Å². The highest BCUT2D eigenvalue weighted by Gasteiger charge is 2.48. The van der Waals surface area contributed by atoms with Crippen LogP contribution in [0.1, 0.15) is 213 Å². The third-order valence-electron chi connectivity index (χ3n) is 12.0. The Morgan fingerprint density at radius 3 is 1.50 bits per heavy atom. The topological polar surface area (TPSA) is 212 Å². The Balaban J connectivity index is 2.56. The number of aliphatic hydroxyl groups excluding tert-OH is 5. The fourth-order valence-corrected chi connectivity index (χ4v) is 8.47. The molecule has 0 spiro atoms. The number of aliphatic hydroxyl groups is 5. The van der Waals surface area contributed by atoms with Crippen LogP contribution >= 0.6 is 0 Å². The molecule has 1 saturated heterocycles. The van der Waals surface area contributed by atoms with Crippen molar-refractivity contribution in [2.24, 2.45) is 0 Å². The summed E-state index contributed by atoms with van der Waals surface area (Å²) in [5, 5.41) is 55.3. The minimum atomic E-state index is -5.13.